The molecule has 1 N–H and O–H groups in total. The summed E-state index contributed by atoms with van der Waals surface area (Å²) in [6.45, 7) is 2.34. The van der Waals surface area contributed by atoms with Gasteiger partial charge in [-0.05, 0) is 25.0 Å². The van der Waals surface area contributed by atoms with Crippen molar-refractivity contribution in [2.45, 2.75) is 19.8 Å². The van der Waals surface area contributed by atoms with E-state index in [1.807, 2.05) is 0 Å². The second-order valence-electron chi connectivity index (χ2n) is 5.83. The van der Waals surface area contributed by atoms with Crippen LogP contribution < -0.4 is 10.2 Å². The second kappa shape index (κ2) is 6.82. The van der Waals surface area contributed by atoms with Crippen LogP contribution in [0.4, 0.5) is 10.2 Å². The molecule has 3 rings (SSSR count). The number of carbonyl (C=O) groups is 2. The van der Waals surface area contributed by atoms with Crippen LogP contribution >= 0.6 is 0 Å². The van der Waals surface area contributed by atoms with Gasteiger partial charge < -0.3 is 9.84 Å². The van der Waals surface area contributed by atoms with Crippen LogP contribution in [0.5, 0.6) is 0 Å². The van der Waals surface area contributed by atoms with E-state index in [1.165, 1.54) is 11.0 Å². The third-order valence-corrected chi connectivity index (χ3v) is 4.04. The van der Waals surface area contributed by atoms with Gasteiger partial charge in [-0.25, -0.2) is 4.39 Å². The zero-order valence-electron chi connectivity index (χ0n) is 13.3. The molecule has 0 radical (unpaired) electrons. The molecule has 2 aromatic rings. The fraction of sp³-hybridized carbons (Fsp3) is 0.353. The number of carbonyl (C=O) groups excluding carboxylic acids is 2. The molecule has 2 amide bonds. The molecule has 0 spiro atoms. The number of rotatable bonds is 5. The Kier molecular flexibility index (Phi) is 4.59. The van der Waals surface area contributed by atoms with E-state index in [1.54, 1.807) is 31.2 Å². The molecule has 1 atom stereocenters. The first-order valence-electron chi connectivity index (χ1n) is 7.79. The molecule has 1 aromatic heterocycles. The number of benzene rings is 1. The van der Waals surface area contributed by atoms with Gasteiger partial charge in [-0.2, -0.15) is 0 Å². The van der Waals surface area contributed by atoms with Crippen molar-refractivity contribution >= 4 is 17.6 Å². The van der Waals surface area contributed by atoms with E-state index < -0.39 is 5.92 Å². The molecule has 0 aliphatic carbocycles. The minimum absolute atomic E-state index is 0.136. The largest absolute Gasteiger partial charge is 0.360 e. The predicted octanol–water partition coefficient (Wildman–Crippen LogP) is 1.83. The summed E-state index contributed by atoms with van der Waals surface area (Å²) in [5.74, 6) is -0.0415. The van der Waals surface area contributed by atoms with Crippen molar-refractivity contribution in [1.82, 2.24) is 10.5 Å². The third-order valence-electron chi connectivity index (χ3n) is 4.04. The van der Waals surface area contributed by atoms with Crippen LogP contribution in [-0.4, -0.2) is 30.1 Å². The van der Waals surface area contributed by atoms with E-state index in [0.717, 1.165) is 0 Å². The zero-order valence-corrected chi connectivity index (χ0v) is 13.3. The van der Waals surface area contributed by atoms with Crippen molar-refractivity contribution in [2.24, 2.45) is 5.92 Å². The maximum absolute atomic E-state index is 13.5. The van der Waals surface area contributed by atoms with Gasteiger partial charge >= 0.3 is 0 Å². The Morgan fingerprint density at radius 3 is 2.96 bits per heavy atom. The Labute approximate surface area is 138 Å². The highest BCUT2D eigenvalue weighted by Gasteiger charge is 2.36. The van der Waals surface area contributed by atoms with Gasteiger partial charge in [0.25, 0.3) is 0 Å². The van der Waals surface area contributed by atoms with Crippen molar-refractivity contribution in [3.05, 3.63) is 47.5 Å². The van der Waals surface area contributed by atoms with Crippen LogP contribution in [0, 0.1) is 18.7 Å². The van der Waals surface area contributed by atoms with Crippen molar-refractivity contribution in [3.8, 4) is 0 Å². The molecule has 0 saturated carbocycles. The van der Waals surface area contributed by atoms with Gasteiger partial charge in [-0.3, -0.25) is 14.5 Å². The molecule has 1 aliphatic rings. The summed E-state index contributed by atoms with van der Waals surface area (Å²) >= 11 is 0. The molecule has 1 fully saturated rings. The lowest BCUT2D eigenvalue weighted by molar-refractivity contribution is -0.126. The number of hydrogen-bond acceptors (Lipinski definition) is 4. The molecule has 2 heterocycles. The normalized spacial score (nSPS) is 17.3. The summed E-state index contributed by atoms with van der Waals surface area (Å²) in [5, 5.41) is 6.58. The highest BCUT2D eigenvalue weighted by Crippen LogP contribution is 2.24. The first kappa shape index (κ1) is 16.2. The Morgan fingerprint density at radius 1 is 1.46 bits per heavy atom. The number of halogens is 1. The zero-order chi connectivity index (χ0) is 17.1. The number of aromatic nitrogens is 1. The van der Waals surface area contributed by atoms with Crippen LogP contribution in [0.3, 0.4) is 0 Å². The van der Waals surface area contributed by atoms with E-state index in [0.29, 0.717) is 30.1 Å². The van der Waals surface area contributed by atoms with Gasteiger partial charge in [-0.15, -0.1) is 0 Å². The highest BCUT2D eigenvalue weighted by molar-refractivity contribution is 5.99. The third kappa shape index (κ3) is 3.45. The number of nitrogens with zero attached hydrogens (tertiary/aromatic N) is 2. The van der Waals surface area contributed by atoms with Crippen LogP contribution in [0.15, 0.2) is 34.9 Å². The SMILES string of the molecule is Cc1cc(N2CC(C(=O)NCCc3ccccc3F)CC2=O)no1. The topological polar surface area (TPSA) is 75.4 Å². The van der Waals surface area contributed by atoms with Crippen LogP contribution in [-0.2, 0) is 16.0 Å². The van der Waals surface area contributed by atoms with Crippen molar-refractivity contribution in [1.29, 1.82) is 0 Å². The number of amides is 2. The lowest BCUT2D eigenvalue weighted by atomic mass is 10.1. The molecular formula is C17H18FN3O3. The van der Waals surface area contributed by atoms with Crippen molar-refractivity contribution in [3.63, 3.8) is 0 Å². The molecule has 1 unspecified atom stereocenters. The maximum Gasteiger partial charge on any atom is 0.229 e. The number of anilines is 1. The molecular weight excluding hydrogens is 313 g/mol. The van der Waals surface area contributed by atoms with E-state index in [-0.39, 0.29) is 30.6 Å². The molecule has 7 heteroatoms. The van der Waals surface area contributed by atoms with Crippen LogP contribution in [0.25, 0.3) is 0 Å². The smallest absolute Gasteiger partial charge is 0.229 e. The fourth-order valence-electron chi connectivity index (χ4n) is 2.75. The monoisotopic (exact) mass is 331 g/mol. The highest BCUT2D eigenvalue weighted by atomic mass is 19.1. The molecule has 1 saturated heterocycles. The van der Waals surface area contributed by atoms with E-state index in [4.69, 9.17) is 4.52 Å². The average Bonchev–Trinajstić information content (AvgIpc) is 3.15. The average molecular weight is 331 g/mol. The van der Waals surface area contributed by atoms with Gasteiger partial charge in [0.2, 0.25) is 11.8 Å². The number of nitrogens with one attached hydrogen (secondary N) is 1. The fourth-order valence-corrected chi connectivity index (χ4v) is 2.75. The molecule has 6 nitrogen and oxygen atoms in total. The second-order valence-corrected chi connectivity index (χ2v) is 5.83. The van der Waals surface area contributed by atoms with Gasteiger partial charge in [0.05, 0.1) is 5.92 Å². The minimum atomic E-state index is -0.435. The molecule has 126 valence electrons. The predicted molar refractivity (Wildman–Crippen MR) is 84.8 cm³/mol. The Hall–Kier alpha value is -2.70. The number of hydrogen-bond donors (Lipinski definition) is 1. The van der Waals surface area contributed by atoms with Crippen molar-refractivity contribution in [2.75, 3.05) is 18.0 Å². The minimum Gasteiger partial charge on any atom is -0.360 e. The van der Waals surface area contributed by atoms with Gasteiger partial charge in [0, 0.05) is 25.6 Å². The van der Waals surface area contributed by atoms with Gasteiger partial charge in [-0.1, -0.05) is 23.4 Å². The van der Waals surface area contributed by atoms with E-state index >= 15 is 0 Å². The molecule has 24 heavy (non-hydrogen) atoms. The number of aryl methyl sites for hydroxylation is 1. The first-order valence-corrected chi connectivity index (χ1v) is 7.79. The molecule has 1 aromatic carbocycles. The Morgan fingerprint density at radius 2 is 2.25 bits per heavy atom. The summed E-state index contributed by atoms with van der Waals surface area (Å²) in [4.78, 5) is 25.7. The van der Waals surface area contributed by atoms with Crippen molar-refractivity contribution < 1.29 is 18.5 Å². The van der Waals surface area contributed by atoms with E-state index in [2.05, 4.69) is 10.5 Å². The first-order chi connectivity index (χ1) is 11.5. The Balaban J connectivity index is 1.53. The summed E-state index contributed by atoms with van der Waals surface area (Å²) in [7, 11) is 0. The summed E-state index contributed by atoms with van der Waals surface area (Å²) in [6.07, 6.45) is 0.544. The maximum atomic E-state index is 13.5. The lowest BCUT2D eigenvalue weighted by Crippen LogP contribution is -2.34. The molecule has 0 bridgehead atoms. The summed E-state index contributed by atoms with van der Waals surface area (Å²) in [5.41, 5.74) is 0.556. The molecule has 1 aliphatic heterocycles. The van der Waals surface area contributed by atoms with Crippen LogP contribution in [0.2, 0.25) is 0 Å². The summed E-state index contributed by atoms with van der Waals surface area (Å²) in [6, 6.07) is 8.13. The lowest BCUT2D eigenvalue weighted by Gasteiger charge is -2.13. The summed E-state index contributed by atoms with van der Waals surface area (Å²) < 4.78 is 18.5. The van der Waals surface area contributed by atoms with Gasteiger partial charge in [0.1, 0.15) is 11.6 Å². The Bertz CT molecular complexity index is 759. The standard InChI is InChI=1S/C17H18FN3O3/c1-11-8-15(20-24-11)21-10-13(9-16(21)22)17(23)19-7-6-12-4-2-3-5-14(12)18/h2-5,8,13H,6-7,9-10H2,1H3,(H,19,23). The quantitative estimate of drug-likeness (QED) is 0.907. The van der Waals surface area contributed by atoms with E-state index in [9.17, 15) is 14.0 Å². The van der Waals surface area contributed by atoms with Gasteiger partial charge in [0.15, 0.2) is 5.82 Å². The van der Waals surface area contributed by atoms with Crippen LogP contribution in [0.1, 0.15) is 17.7 Å².